The number of pyridine rings is 1. The molecule has 0 fully saturated rings. The van der Waals surface area contributed by atoms with Gasteiger partial charge in [0.1, 0.15) is 11.3 Å². The SMILES string of the molecule is COc1cc([N+](=O)[O-])nc(C(F)F)c1C=O. The van der Waals surface area contributed by atoms with Gasteiger partial charge in [-0.15, -0.1) is 0 Å². The Morgan fingerprint density at radius 3 is 2.62 bits per heavy atom. The van der Waals surface area contributed by atoms with Gasteiger partial charge >= 0.3 is 12.2 Å². The van der Waals surface area contributed by atoms with E-state index in [1.807, 2.05) is 0 Å². The molecule has 1 aromatic rings. The summed E-state index contributed by atoms with van der Waals surface area (Å²) in [4.78, 5) is 23.1. The van der Waals surface area contributed by atoms with E-state index in [9.17, 15) is 23.7 Å². The van der Waals surface area contributed by atoms with E-state index in [1.165, 1.54) is 0 Å². The highest BCUT2D eigenvalue weighted by atomic mass is 19.3. The predicted octanol–water partition coefficient (Wildman–Crippen LogP) is 1.75. The van der Waals surface area contributed by atoms with Gasteiger partial charge in [-0.1, -0.05) is 0 Å². The molecule has 0 atom stereocenters. The molecule has 0 unspecified atom stereocenters. The largest absolute Gasteiger partial charge is 0.496 e. The van der Waals surface area contributed by atoms with E-state index in [2.05, 4.69) is 9.72 Å². The lowest BCUT2D eigenvalue weighted by atomic mass is 10.2. The van der Waals surface area contributed by atoms with Gasteiger partial charge in [-0.05, 0) is 9.91 Å². The van der Waals surface area contributed by atoms with Crippen LogP contribution in [0.5, 0.6) is 5.75 Å². The number of nitro groups is 1. The molecular formula is C8H6F2N2O4. The normalized spacial score (nSPS) is 10.2. The highest BCUT2D eigenvalue weighted by molar-refractivity contribution is 5.81. The van der Waals surface area contributed by atoms with Gasteiger partial charge in [-0.3, -0.25) is 4.79 Å². The van der Waals surface area contributed by atoms with Crippen LogP contribution in [0, 0.1) is 10.1 Å². The van der Waals surface area contributed by atoms with E-state index >= 15 is 0 Å². The van der Waals surface area contributed by atoms with Gasteiger partial charge in [-0.2, -0.15) is 0 Å². The number of aldehydes is 1. The summed E-state index contributed by atoms with van der Waals surface area (Å²) in [6.07, 6.45) is -2.97. The van der Waals surface area contributed by atoms with E-state index in [4.69, 9.17) is 0 Å². The van der Waals surface area contributed by atoms with Crippen molar-refractivity contribution in [2.75, 3.05) is 7.11 Å². The Bertz CT molecular complexity index is 436. The van der Waals surface area contributed by atoms with Gasteiger partial charge in [0.15, 0.2) is 6.29 Å². The van der Waals surface area contributed by atoms with Crippen molar-refractivity contribution in [3.63, 3.8) is 0 Å². The lowest BCUT2D eigenvalue weighted by Crippen LogP contribution is -2.04. The number of aromatic nitrogens is 1. The topological polar surface area (TPSA) is 82.3 Å². The lowest BCUT2D eigenvalue weighted by Gasteiger charge is -2.05. The van der Waals surface area contributed by atoms with Gasteiger partial charge in [0.2, 0.25) is 5.69 Å². The van der Waals surface area contributed by atoms with Crippen LogP contribution in [-0.4, -0.2) is 23.3 Å². The number of carbonyl (C=O) groups excluding carboxylic acids is 1. The summed E-state index contributed by atoms with van der Waals surface area (Å²) in [6.45, 7) is 0. The molecule has 1 aromatic heterocycles. The fourth-order valence-corrected chi connectivity index (χ4v) is 1.08. The van der Waals surface area contributed by atoms with Gasteiger partial charge in [0.25, 0.3) is 0 Å². The molecule has 0 spiro atoms. The third kappa shape index (κ3) is 2.10. The Balaban J connectivity index is 3.49. The van der Waals surface area contributed by atoms with E-state index in [-0.39, 0.29) is 12.0 Å². The fraction of sp³-hybridized carbons (Fsp3) is 0.250. The summed E-state index contributed by atoms with van der Waals surface area (Å²) in [7, 11) is 1.11. The average Bonchev–Trinajstić information content (AvgIpc) is 2.26. The molecule has 0 bridgehead atoms. The van der Waals surface area contributed by atoms with Crippen molar-refractivity contribution in [2.24, 2.45) is 0 Å². The second kappa shape index (κ2) is 4.60. The predicted molar refractivity (Wildman–Crippen MR) is 47.8 cm³/mol. The van der Waals surface area contributed by atoms with Crippen LogP contribution in [0.3, 0.4) is 0 Å². The van der Waals surface area contributed by atoms with Gasteiger partial charge in [0.05, 0.1) is 13.2 Å². The molecule has 0 saturated carbocycles. The molecule has 1 heterocycles. The first kappa shape index (κ1) is 12.0. The molecule has 8 heteroatoms. The number of ether oxygens (including phenoxy) is 1. The first-order chi connectivity index (χ1) is 7.51. The van der Waals surface area contributed by atoms with Crippen molar-refractivity contribution >= 4 is 12.1 Å². The number of methoxy groups -OCH3 is 1. The third-order valence-corrected chi connectivity index (χ3v) is 1.77. The number of hydrogen-bond donors (Lipinski definition) is 0. The van der Waals surface area contributed by atoms with Crippen LogP contribution in [-0.2, 0) is 0 Å². The Kier molecular flexibility index (Phi) is 3.44. The summed E-state index contributed by atoms with van der Waals surface area (Å²) < 4.78 is 29.6. The number of nitrogens with zero attached hydrogens (tertiary/aromatic N) is 2. The Morgan fingerprint density at radius 2 is 2.25 bits per heavy atom. The van der Waals surface area contributed by atoms with Crippen LogP contribution < -0.4 is 4.74 Å². The van der Waals surface area contributed by atoms with E-state index in [0.29, 0.717) is 0 Å². The zero-order valence-electron chi connectivity index (χ0n) is 8.02. The maximum absolute atomic E-state index is 12.5. The van der Waals surface area contributed by atoms with Crippen molar-refractivity contribution < 1.29 is 23.2 Å². The molecule has 0 N–H and O–H groups in total. The third-order valence-electron chi connectivity index (χ3n) is 1.77. The van der Waals surface area contributed by atoms with Gasteiger partial charge < -0.3 is 14.9 Å². The van der Waals surface area contributed by atoms with E-state index in [0.717, 1.165) is 13.2 Å². The number of rotatable bonds is 4. The van der Waals surface area contributed by atoms with Gasteiger partial charge in [0, 0.05) is 0 Å². The van der Waals surface area contributed by atoms with Crippen molar-refractivity contribution in [3.8, 4) is 5.75 Å². The Hall–Kier alpha value is -2.12. The number of carbonyl (C=O) groups is 1. The van der Waals surface area contributed by atoms with Crippen LogP contribution in [0.1, 0.15) is 22.5 Å². The number of halogens is 2. The quantitative estimate of drug-likeness (QED) is 0.448. The van der Waals surface area contributed by atoms with Crippen molar-refractivity contribution in [1.82, 2.24) is 4.98 Å². The zero-order valence-corrected chi connectivity index (χ0v) is 8.02. The fourth-order valence-electron chi connectivity index (χ4n) is 1.08. The second-order valence-corrected chi connectivity index (χ2v) is 2.66. The molecule has 0 aliphatic carbocycles. The maximum Gasteiger partial charge on any atom is 0.367 e. The Morgan fingerprint density at radius 1 is 1.62 bits per heavy atom. The van der Waals surface area contributed by atoms with Crippen LogP contribution >= 0.6 is 0 Å². The maximum atomic E-state index is 12.5. The molecule has 0 aromatic carbocycles. The first-order valence-electron chi connectivity index (χ1n) is 3.98. The molecule has 1 rings (SSSR count). The highest BCUT2D eigenvalue weighted by Gasteiger charge is 2.27. The first-order valence-corrected chi connectivity index (χ1v) is 3.98. The monoisotopic (exact) mass is 232 g/mol. The minimum atomic E-state index is -3.09. The molecule has 6 nitrogen and oxygen atoms in total. The van der Waals surface area contributed by atoms with Crippen LogP contribution in [0.15, 0.2) is 6.07 Å². The molecule has 16 heavy (non-hydrogen) atoms. The highest BCUT2D eigenvalue weighted by Crippen LogP contribution is 2.30. The minimum Gasteiger partial charge on any atom is -0.496 e. The molecule has 86 valence electrons. The number of hydrogen-bond acceptors (Lipinski definition) is 5. The average molecular weight is 232 g/mol. The summed E-state index contributed by atoms with van der Waals surface area (Å²) in [6, 6.07) is 0.815. The smallest absolute Gasteiger partial charge is 0.367 e. The van der Waals surface area contributed by atoms with Gasteiger partial charge in [-0.25, -0.2) is 8.78 Å². The molecule has 0 amide bonds. The number of alkyl halides is 2. The van der Waals surface area contributed by atoms with Crippen LogP contribution in [0.25, 0.3) is 0 Å². The van der Waals surface area contributed by atoms with Crippen LogP contribution in [0.4, 0.5) is 14.6 Å². The molecular weight excluding hydrogens is 226 g/mol. The van der Waals surface area contributed by atoms with Crippen LogP contribution in [0.2, 0.25) is 0 Å². The van der Waals surface area contributed by atoms with E-state index < -0.39 is 28.4 Å². The second-order valence-electron chi connectivity index (χ2n) is 2.66. The zero-order chi connectivity index (χ0) is 12.3. The van der Waals surface area contributed by atoms with Crippen molar-refractivity contribution in [2.45, 2.75) is 6.43 Å². The summed E-state index contributed by atoms with van der Waals surface area (Å²) >= 11 is 0. The van der Waals surface area contributed by atoms with E-state index in [1.54, 1.807) is 0 Å². The molecule has 0 radical (unpaired) electrons. The van der Waals surface area contributed by atoms with Crippen molar-refractivity contribution in [3.05, 3.63) is 27.4 Å². The lowest BCUT2D eigenvalue weighted by molar-refractivity contribution is -0.389. The molecule has 0 saturated heterocycles. The summed E-state index contributed by atoms with van der Waals surface area (Å²) in [5, 5.41) is 10.4. The van der Waals surface area contributed by atoms with Crippen molar-refractivity contribution in [1.29, 1.82) is 0 Å². The molecule has 0 aliphatic rings. The summed E-state index contributed by atoms with van der Waals surface area (Å²) in [5.74, 6) is -1.09. The minimum absolute atomic E-state index is 0.122. The molecule has 0 aliphatic heterocycles. The standard InChI is InChI=1S/C8H6F2N2O4/c1-16-5-2-6(12(14)15)11-7(8(9)10)4(5)3-13/h2-3,8H,1H3. The summed E-state index contributed by atoms with van der Waals surface area (Å²) in [5.41, 5.74) is -1.44. The Labute approximate surface area is 88.0 Å².